The van der Waals surface area contributed by atoms with Gasteiger partial charge in [0.25, 0.3) is 0 Å². The minimum absolute atomic E-state index is 0.163. The van der Waals surface area contributed by atoms with Gasteiger partial charge < -0.3 is 74.7 Å². The van der Waals surface area contributed by atoms with Crippen molar-refractivity contribution in [3.8, 4) is 0 Å². The second-order valence-electron chi connectivity index (χ2n) is 22.6. The Balaban J connectivity index is -0.00000205. The van der Waals surface area contributed by atoms with E-state index in [9.17, 15) is 30.6 Å². The Morgan fingerprint density at radius 1 is 0.269 bits per heavy atom. The largest absolute Gasteiger partial charge is 0.394 e. The molecule has 0 aromatic heterocycles. The van der Waals surface area contributed by atoms with Crippen molar-refractivity contribution in [3.05, 3.63) is 0 Å². The van der Waals surface area contributed by atoms with Gasteiger partial charge in [0.1, 0.15) is 23.9 Å². The zero-order valence-electron chi connectivity index (χ0n) is 50.6. The lowest BCUT2D eigenvalue weighted by molar-refractivity contribution is -0.243. The third kappa shape index (κ3) is 64.3. The van der Waals surface area contributed by atoms with E-state index in [1.807, 2.05) is 0 Å². The van der Waals surface area contributed by atoms with Crippen LogP contribution in [0.4, 0.5) is 0 Å². The molecule has 15 N–H and O–H groups in total. The molecule has 18 heteroatoms. The van der Waals surface area contributed by atoms with E-state index >= 15 is 0 Å². The lowest BCUT2D eigenvalue weighted by atomic mass is 9.68. The summed E-state index contributed by atoms with van der Waals surface area (Å²) in [6, 6.07) is 0. The van der Waals surface area contributed by atoms with Gasteiger partial charge >= 0.3 is 25.8 Å². The monoisotopic (exact) mass is 1180 g/mol. The van der Waals surface area contributed by atoms with E-state index in [-0.39, 0.29) is 6.42 Å². The van der Waals surface area contributed by atoms with E-state index in [4.69, 9.17) is 44.0 Å². The van der Waals surface area contributed by atoms with Crippen LogP contribution in [0.25, 0.3) is 0 Å². The van der Waals surface area contributed by atoms with Crippen molar-refractivity contribution < 1.29 is 74.7 Å². The van der Waals surface area contributed by atoms with Crippen LogP contribution in [0.3, 0.4) is 0 Å². The van der Waals surface area contributed by atoms with Gasteiger partial charge in [0.2, 0.25) is 0 Å². The maximum absolute atomic E-state index is 12.6. The molecule has 0 aliphatic heterocycles. The maximum Gasteiger partial charge on any atom is 0.324 e. The Kier molecular flexibility index (Phi) is 72.9. The molecule has 0 bridgehead atoms. The van der Waals surface area contributed by atoms with Gasteiger partial charge in [-0.25, -0.2) is 0 Å². The smallest absolute Gasteiger partial charge is 0.324 e. The molecule has 0 aliphatic rings. The first kappa shape index (κ1) is 85.1. The second-order valence-corrected chi connectivity index (χ2v) is 24.2. The highest BCUT2D eigenvalue weighted by molar-refractivity contribution is 7.38. The summed E-state index contributed by atoms with van der Waals surface area (Å²) in [5, 5.41) is 67.9. The fourth-order valence-corrected chi connectivity index (χ4v) is 10.7. The molecule has 0 heterocycles. The fraction of sp³-hybridized carbons (Fsp3) is 1.00. The fourth-order valence-electron chi connectivity index (χ4n) is 10.7. The van der Waals surface area contributed by atoms with Gasteiger partial charge in [0.15, 0.2) is 0 Å². The summed E-state index contributed by atoms with van der Waals surface area (Å²) in [5.41, 5.74) is -3.58. The van der Waals surface area contributed by atoms with Crippen molar-refractivity contribution >= 4 is 25.8 Å². The zero-order valence-corrected chi connectivity index (χ0v) is 53.2. The lowest BCUT2D eigenvalue weighted by Crippen LogP contribution is -2.65. The predicted molar refractivity (Wildman–Crippen MR) is 328 cm³/mol. The lowest BCUT2D eigenvalue weighted by Gasteiger charge is -2.48. The third-order valence-corrected chi connectivity index (χ3v) is 15.5. The molecule has 0 fully saturated rings. The van der Waals surface area contributed by atoms with E-state index < -0.39 is 61.9 Å². The average molecular weight is 1190 g/mol. The molecule has 4 atom stereocenters. The van der Waals surface area contributed by atoms with Crippen LogP contribution < -0.4 is 0 Å². The summed E-state index contributed by atoms with van der Waals surface area (Å²) in [6.07, 6.45) is 56.0. The molecular weight excluding hydrogens is 1050 g/mol. The molecule has 0 radical (unpaired) electrons. The van der Waals surface area contributed by atoms with Gasteiger partial charge in [-0.15, -0.1) is 0 Å². The Hall–Kier alpha value is 0.690. The van der Waals surface area contributed by atoms with Gasteiger partial charge in [0.05, 0.1) is 12.2 Å². The minimum Gasteiger partial charge on any atom is -0.394 e. The van der Waals surface area contributed by atoms with Crippen LogP contribution in [0.15, 0.2) is 0 Å². The van der Waals surface area contributed by atoms with Gasteiger partial charge in [-0.3, -0.25) is 0 Å². The minimum atomic E-state index is -2.62. The van der Waals surface area contributed by atoms with E-state index in [0.717, 1.165) is 57.8 Å². The zero-order chi connectivity index (χ0) is 59.2. The number of aliphatic hydroxyl groups is 6. The van der Waals surface area contributed by atoms with E-state index in [1.165, 1.54) is 244 Å². The van der Waals surface area contributed by atoms with Crippen LogP contribution in [0.2, 0.25) is 0 Å². The highest BCUT2D eigenvalue weighted by atomic mass is 31.2. The number of hydrogen-bond donors (Lipinski definition) is 15. The van der Waals surface area contributed by atoms with Gasteiger partial charge in [0, 0.05) is 0 Å². The predicted octanol–water partition coefficient (Wildman–Crippen LogP) is 15.0. The van der Waals surface area contributed by atoms with Crippen molar-refractivity contribution in [1.82, 2.24) is 0 Å². The van der Waals surface area contributed by atoms with Crippen molar-refractivity contribution in [1.29, 1.82) is 0 Å². The molecule has 0 aromatic rings. The van der Waals surface area contributed by atoms with Crippen molar-refractivity contribution in [2.45, 2.75) is 378 Å². The summed E-state index contributed by atoms with van der Waals surface area (Å²) < 4.78 is 0. The summed E-state index contributed by atoms with van der Waals surface area (Å²) >= 11 is 0. The van der Waals surface area contributed by atoms with Crippen LogP contribution in [-0.2, 0) is 0 Å². The normalized spacial score (nSPS) is 13.7. The Morgan fingerprint density at radius 3 is 0.590 bits per heavy atom. The quantitative estimate of drug-likeness (QED) is 0.0199. The number of hydrogen-bond acceptors (Lipinski definition) is 15. The molecule has 0 saturated heterocycles. The summed E-state index contributed by atoms with van der Waals surface area (Å²) in [4.78, 5) is 65.1. The first-order valence-corrected chi connectivity index (χ1v) is 35.7. The number of rotatable bonds is 56. The molecule has 0 spiro atoms. The molecule has 0 aliphatic carbocycles. The highest BCUT2D eigenvalue weighted by Crippen LogP contribution is 2.41. The van der Waals surface area contributed by atoms with Crippen LogP contribution >= 0.6 is 25.8 Å². The number of unbranched alkanes of at least 4 members (excludes halogenated alkanes) is 45. The van der Waals surface area contributed by atoms with Crippen LogP contribution in [0, 0.1) is 0 Å². The first-order valence-electron chi connectivity index (χ1n) is 32.1. The van der Waals surface area contributed by atoms with Crippen LogP contribution in [0.5, 0.6) is 0 Å². The Labute approximate surface area is 482 Å². The topological polar surface area (TPSA) is 303 Å². The molecule has 0 saturated carbocycles. The molecule has 15 nitrogen and oxygen atoms in total. The third-order valence-electron chi connectivity index (χ3n) is 15.5. The molecule has 78 heavy (non-hydrogen) atoms. The van der Waals surface area contributed by atoms with E-state index in [2.05, 4.69) is 20.8 Å². The Bertz CT molecular complexity index is 1050. The highest BCUT2D eigenvalue weighted by Gasteiger charge is 2.55. The van der Waals surface area contributed by atoms with Gasteiger partial charge in [-0.2, -0.15) is 0 Å². The van der Waals surface area contributed by atoms with E-state index in [0.29, 0.717) is 19.3 Å². The SMILES string of the molecule is CCCCCCCCCCCCCCCCCCC(O)(CCCCCCCCCCCCCCCCCC)[C@@](O)(CCCCCCCCCCCCCCCCCC)[C@@H](O)[C@H](O)[C@H](O)CO.OP(O)O.OP(O)O.OP(O)O. The summed E-state index contributed by atoms with van der Waals surface area (Å²) in [6.45, 7) is 6.12. The molecule has 0 unspecified atom stereocenters. The van der Waals surface area contributed by atoms with Crippen LogP contribution in [-0.4, -0.2) is 111 Å². The second kappa shape index (κ2) is 66.8. The molecular formula is C60H131O15P3. The number of aliphatic hydroxyl groups excluding tert-OH is 4. The van der Waals surface area contributed by atoms with Gasteiger partial charge in [-0.1, -0.05) is 329 Å². The van der Waals surface area contributed by atoms with Crippen molar-refractivity contribution in [3.63, 3.8) is 0 Å². The molecule has 0 aromatic carbocycles. The summed E-state index contributed by atoms with van der Waals surface area (Å²) in [5.74, 6) is 0. The van der Waals surface area contributed by atoms with Crippen LogP contribution in [0.1, 0.15) is 348 Å². The molecule has 476 valence electrons. The Morgan fingerprint density at radius 2 is 0.423 bits per heavy atom. The first-order chi connectivity index (χ1) is 37.4. The molecule has 0 rings (SSSR count). The van der Waals surface area contributed by atoms with E-state index in [1.54, 1.807) is 0 Å². The standard InChI is InChI=1S/C60H122O6.3H3O3P/c1-4-7-10-13-16-19-22-25-28-31-34-37-40-43-46-49-52-59(65,53-50-47-44-41-38-35-32-29-26-23-20-17-14-11-8-5-2)60(66,58(64)57(63)56(62)55-61)54-51-48-45-42-39-36-33-30-27-24-21-18-15-12-9-6-3;3*1-4(2)3/h56-58,61-66H,4-55H2,1-3H3;3*1-3H/t56-,57-,58+,60-;;;/m1.../s1. The van der Waals surface area contributed by atoms with Gasteiger partial charge in [-0.05, 0) is 19.3 Å². The van der Waals surface area contributed by atoms with Crippen molar-refractivity contribution in [2.75, 3.05) is 6.61 Å². The average Bonchev–Trinajstić information content (AvgIpc) is 3.39. The molecule has 0 amide bonds. The van der Waals surface area contributed by atoms with Crippen molar-refractivity contribution in [2.24, 2.45) is 0 Å². The summed E-state index contributed by atoms with van der Waals surface area (Å²) in [7, 11) is -7.86. The maximum atomic E-state index is 12.6.